The van der Waals surface area contributed by atoms with E-state index in [1.807, 2.05) is 0 Å². The highest BCUT2D eigenvalue weighted by Crippen LogP contribution is 2.20. The van der Waals surface area contributed by atoms with E-state index >= 15 is 0 Å². The minimum absolute atomic E-state index is 0.155. The predicted octanol–water partition coefficient (Wildman–Crippen LogP) is -1.08. The van der Waals surface area contributed by atoms with Crippen LogP contribution < -0.4 is 4.72 Å². The second-order valence-electron chi connectivity index (χ2n) is 3.13. The number of hydrogen-bond donors (Lipinski definition) is 2. The number of nitrogens with zero attached hydrogens (tertiary/aromatic N) is 4. The minimum atomic E-state index is -3.90. The number of methoxy groups -OCH3 is 1. The molecular weight excluding hydrogens is 296 g/mol. The van der Waals surface area contributed by atoms with Gasteiger partial charge in [0.1, 0.15) is 0 Å². The van der Waals surface area contributed by atoms with Crippen molar-refractivity contribution in [3.8, 4) is 0 Å². The fourth-order valence-electron chi connectivity index (χ4n) is 1.14. The lowest BCUT2D eigenvalue weighted by atomic mass is 10.5. The van der Waals surface area contributed by atoms with Crippen LogP contribution in [0.15, 0.2) is 9.72 Å². The Bertz CT molecular complexity index is 664. The molecule has 0 unspecified atom stereocenters. The Kier molecular flexibility index (Phi) is 3.82. The Morgan fingerprint density at radius 1 is 1.58 bits per heavy atom. The van der Waals surface area contributed by atoms with E-state index in [-0.39, 0.29) is 22.3 Å². The number of hydrogen-bond acceptors (Lipinski definition) is 9. The third kappa shape index (κ3) is 2.91. The van der Waals surface area contributed by atoms with Crippen molar-refractivity contribution in [1.82, 2.24) is 30.3 Å². The first-order valence-corrected chi connectivity index (χ1v) is 7.14. The molecule has 10 nitrogen and oxygen atoms in total. The zero-order chi connectivity index (χ0) is 13.9. The van der Waals surface area contributed by atoms with Gasteiger partial charge in [-0.1, -0.05) is 5.21 Å². The first kappa shape index (κ1) is 13.5. The molecule has 0 aromatic carbocycles. The van der Waals surface area contributed by atoms with E-state index in [4.69, 9.17) is 0 Å². The van der Waals surface area contributed by atoms with Crippen LogP contribution in [0.4, 0.5) is 0 Å². The molecule has 0 fully saturated rings. The van der Waals surface area contributed by atoms with E-state index in [0.29, 0.717) is 0 Å². The van der Waals surface area contributed by atoms with Crippen LogP contribution in [0.1, 0.15) is 16.3 Å². The fourth-order valence-corrected chi connectivity index (χ4v) is 3.30. The number of aromatic amines is 1. The van der Waals surface area contributed by atoms with Crippen molar-refractivity contribution < 1.29 is 17.9 Å². The van der Waals surface area contributed by atoms with Crippen molar-refractivity contribution in [2.45, 2.75) is 10.8 Å². The molecule has 2 N–H and O–H groups in total. The second kappa shape index (κ2) is 5.38. The topological polar surface area (TPSA) is 140 Å². The fraction of sp³-hybridized carbons (Fsp3) is 0.286. The van der Waals surface area contributed by atoms with Gasteiger partial charge in [0.25, 0.3) is 10.0 Å². The quantitative estimate of drug-likeness (QED) is 0.665. The molecular formula is C7H8N6O4S2. The van der Waals surface area contributed by atoms with Gasteiger partial charge in [-0.15, -0.1) is 21.5 Å². The average molecular weight is 304 g/mol. The molecule has 2 aromatic rings. The lowest BCUT2D eigenvalue weighted by Gasteiger charge is -2.03. The van der Waals surface area contributed by atoms with Crippen LogP contribution in [-0.4, -0.2) is 47.1 Å². The highest BCUT2D eigenvalue weighted by Gasteiger charge is 2.26. The van der Waals surface area contributed by atoms with Crippen LogP contribution in [-0.2, 0) is 21.3 Å². The normalized spacial score (nSPS) is 11.4. The largest absolute Gasteiger partial charge is 0.464 e. The average Bonchev–Trinajstić information content (AvgIpc) is 3.06. The summed E-state index contributed by atoms with van der Waals surface area (Å²) in [6.07, 6.45) is 0. The number of nitrogens with one attached hydrogen (secondary N) is 2. The van der Waals surface area contributed by atoms with Gasteiger partial charge in [-0.3, -0.25) is 0 Å². The van der Waals surface area contributed by atoms with E-state index < -0.39 is 16.0 Å². The zero-order valence-electron chi connectivity index (χ0n) is 9.52. The first-order valence-electron chi connectivity index (χ1n) is 4.78. The Hall–Kier alpha value is -1.92. The smallest absolute Gasteiger partial charge is 0.358 e. The number of rotatable bonds is 5. The molecule has 2 heterocycles. The second-order valence-corrected chi connectivity index (χ2v) is 5.95. The number of carbonyl (C=O) groups excluding carboxylic acids is 1. The third-order valence-electron chi connectivity index (χ3n) is 1.97. The van der Waals surface area contributed by atoms with Crippen LogP contribution >= 0.6 is 11.3 Å². The monoisotopic (exact) mass is 304 g/mol. The van der Waals surface area contributed by atoms with Crippen molar-refractivity contribution >= 4 is 27.3 Å². The molecule has 19 heavy (non-hydrogen) atoms. The summed E-state index contributed by atoms with van der Waals surface area (Å²) >= 11 is 0.811. The minimum Gasteiger partial charge on any atom is -0.464 e. The molecule has 0 aliphatic rings. The highest BCUT2D eigenvalue weighted by molar-refractivity contribution is 7.91. The van der Waals surface area contributed by atoms with Crippen LogP contribution in [0.25, 0.3) is 0 Å². The molecule has 0 radical (unpaired) electrons. The Balaban J connectivity index is 2.20. The van der Waals surface area contributed by atoms with Gasteiger partial charge >= 0.3 is 5.97 Å². The molecule has 0 spiro atoms. The number of tetrazole rings is 1. The van der Waals surface area contributed by atoms with Gasteiger partial charge in [-0.05, 0) is 0 Å². The van der Waals surface area contributed by atoms with Crippen molar-refractivity contribution in [3.63, 3.8) is 0 Å². The molecule has 2 aromatic heterocycles. The number of carbonyl (C=O) groups is 1. The Morgan fingerprint density at radius 3 is 3.00 bits per heavy atom. The van der Waals surface area contributed by atoms with Gasteiger partial charge in [-0.25, -0.2) is 22.9 Å². The number of sulfonamides is 1. The molecule has 12 heteroatoms. The van der Waals surface area contributed by atoms with Crippen molar-refractivity contribution in [1.29, 1.82) is 0 Å². The first-order chi connectivity index (χ1) is 9.04. The summed E-state index contributed by atoms with van der Waals surface area (Å²) in [6, 6.07) is 0. The summed E-state index contributed by atoms with van der Waals surface area (Å²) in [5.41, 5.74) is 0.989. The maximum Gasteiger partial charge on any atom is 0.358 e. The van der Waals surface area contributed by atoms with Crippen molar-refractivity contribution in [2.75, 3.05) is 7.11 Å². The molecule has 102 valence electrons. The molecule has 0 aliphatic heterocycles. The number of aromatic nitrogens is 5. The van der Waals surface area contributed by atoms with E-state index in [1.54, 1.807) is 0 Å². The molecule has 0 atom stereocenters. The van der Waals surface area contributed by atoms with Gasteiger partial charge < -0.3 is 4.74 Å². The standard InChI is InChI=1S/C7H8N6O4S2/c1-17-6(14)5-7(18-3-8-5)19(15,16)9-2-4-10-12-13-11-4/h3,9H,2H2,1H3,(H,10,11,12,13). The predicted molar refractivity (Wildman–Crippen MR) is 61.7 cm³/mol. The molecule has 2 rings (SSSR count). The number of H-pyrrole nitrogens is 1. The SMILES string of the molecule is COC(=O)c1ncsc1S(=O)(=O)NCc1nn[nH]n1. The molecule has 0 amide bonds. The number of thiazole rings is 1. The van der Waals surface area contributed by atoms with Gasteiger partial charge in [0, 0.05) is 0 Å². The summed E-state index contributed by atoms with van der Waals surface area (Å²) in [7, 11) is -2.75. The highest BCUT2D eigenvalue weighted by atomic mass is 32.2. The van der Waals surface area contributed by atoms with Crippen LogP contribution in [0.2, 0.25) is 0 Å². The lowest BCUT2D eigenvalue weighted by molar-refractivity contribution is 0.0590. The van der Waals surface area contributed by atoms with Gasteiger partial charge in [0.05, 0.1) is 19.2 Å². The van der Waals surface area contributed by atoms with Gasteiger partial charge in [0.2, 0.25) is 0 Å². The van der Waals surface area contributed by atoms with Crippen LogP contribution in [0, 0.1) is 0 Å². The van der Waals surface area contributed by atoms with Crippen molar-refractivity contribution in [2.24, 2.45) is 0 Å². The van der Waals surface area contributed by atoms with Crippen LogP contribution in [0.5, 0.6) is 0 Å². The molecule has 0 saturated carbocycles. The molecule has 0 bridgehead atoms. The van der Waals surface area contributed by atoms with Crippen LogP contribution in [0.3, 0.4) is 0 Å². The maximum absolute atomic E-state index is 12.0. The number of esters is 1. The van der Waals surface area contributed by atoms with E-state index in [0.717, 1.165) is 18.4 Å². The Morgan fingerprint density at radius 2 is 2.37 bits per heavy atom. The summed E-state index contributed by atoms with van der Waals surface area (Å²) < 4.78 is 30.5. The van der Waals surface area contributed by atoms with E-state index in [9.17, 15) is 13.2 Å². The maximum atomic E-state index is 12.0. The summed E-state index contributed by atoms with van der Waals surface area (Å²) in [6.45, 7) is -0.155. The van der Waals surface area contributed by atoms with Gasteiger partial charge in [0.15, 0.2) is 15.7 Å². The van der Waals surface area contributed by atoms with E-state index in [1.165, 1.54) is 5.51 Å². The summed E-state index contributed by atoms with van der Waals surface area (Å²) in [4.78, 5) is 15.0. The zero-order valence-corrected chi connectivity index (χ0v) is 11.2. The van der Waals surface area contributed by atoms with Gasteiger partial charge in [-0.2, -0.15) is 5.21 Å². The molecule has 0 aliphatic carbocycles. The Labute approximate surface area is 111 Å². The lowest BCUT2D eigenvalue weighted by Crippen LogP contribution is -2.25. The van der Waals surface area contributed by atoms with E-state index in [2.05, 4.69) is 35.1 Å². The third-order valence-corrected chi connectivity index (χ3v) is 4.74. The summed E-state index contributed by atoms with van der Waals surface area (Å²) in [5, 5.41) is 12.7. The van der Waals surface area contributed by atoms with Crippen molar-refractivity contribution in [3.05, 3.63) is 17.0 Å². The molecule has 0 saturated heterocycles. The number of ether oxygens (including phenoxy) is 1. The summed E-state index contributed by atoms with van der Waals surface area (Å²) in [5.74, 6) is -0.645.